The van der Waals surface area contributed by atoms with Crippen molar-refractivity contribution in [1.29, 1.82) is 0 Å². The van der Waals surface area contributed by atoms with E-state index in [2.05, 4.69) is 9.89 Å². The van der Waals surface area contributed by atoms with Gasteiger partial charge in [-0.3, -0.25) is 0 Å². The summed E-state index contributed by atoms with van der Waals surface area (Å²) in [5, 5.41) is 4.09. The van der Waals surface area contributed by atoms with E-state index < -0.39 is 24.0 Å². The third-order valence-corrected chi connectivity index (χ3v) is 4.01. The smallest absolute Gasteiger partial charge is 0.435 e. The molecule has 0 aromatic heterocycles. The second-order valence-electron chi connectivity index (χ2n) is 5.87. The maximum Gasteiger partial charge on any atom is 0.511 e. The molecular weight excluding hydrogens is 290 g/mol. The average Bonchev–Trinajstić information content (AvgIpc) is 2.96. The van der Waals surface area contributed by atoms with E-state index >= 15 is 0 Å². The zero-order valence-corrected chi connectivity index (χ0v) is 13.5. The Balaban J connectivity index is 1.99. The summed E-state index contributed by atoms with van der Waals surface area (Å²) in [5.74, 6) is -0.382. The Hall–Kier alpha value is -1.79. The lowest BCUT2D eigenvalue weighted by atomic mass is 9.83. The molecule has 1 aliphatic carbocycles. The third-order valence-electron chi connectivity index (χ3n) is 4.01. The van der Waals surface area contributed by atoms with E-state index in [1.807, 2.05) is 13.8 Å². The van der Waals surface area contributed by atoms with Gasteiger partial charge in [-0.05, 0) is 25.7 Å². The molecule has 7 heteroatoms. The fraction of sp³-hybridized carbons (Fsp3) is 0.800. The number of nitrogens with zero attached hydrogens (tertiary/aromatic N) is 1. The summed E-state index contributed by atoms with van der Waals surface area (Å²) in [6, 6.07) is 0. The van der Waals surface area contributed by atoms with Gasteiger partial charge in [-0.25, -0.2) is 9.59 Å². The minimum Gasteiger partial charge on any atom is -0.435 e. The highest BCUT2D eigenvalue weighted by Gasteiger charge is 2.59. The van der Waals surface area contributed by atoms with Gasteiger partial charge in [0.15, 0.2) is 0 Å². The Morgan fingerprint density at radius 2 is 2.09 bits per heavy atom. The molecular formula is C15H23NO6. The Labute approximate surface area is 129 Å². The average molecular weight is 313 g/mol. The Bertz CT molecular complexity index is 475. The molecule has 1 saturated carbocycles. The van der Waals surface area contributed by atoms with Crippen LogP contribution < -0.4 is 0 Å². The molecule has 0 aromatic rings. The van der Waals surface area contributed by atoms with Crippen molar-refractivity contribution >= 4 is 17.8 Å². The van der Waals surface area contributed by atoms with Crippen LogP contribution in [0.2, 0.25) is 0 Å². The van der Waals surface area contributed by atoms with Gasteiger partial charge in [0, 0.05) is 13.3 Å². The molecule has 0 amide bonds. The molecule has 22 heavy (non-hydrogen) atoms. The first kappa shape index (κ1) is 16.6. The quantitative estimate of drug-likeness (QED) is 0.573. The molecule has 2 rings (SSSR count). The van der Waals surface area contributed by atoms with Gasteiger partial charge in [0.05, 0.1) is 18.2 Å². The van der Waals surface area contributed by atoms with Gasteiger partial charge in [-0.15, -0.1) is 0 Å². The van der Waals surface area contributed by atoms with Crippen molar-refractivity contribution in [2.24, 2.45) is 17.0 Å². The molecule has 2 aliphatic rings. The van der Waals surface area contributed by atoms with Crippen molar-refractivity contribution in [3.05, 3.63) is 0 Å². The van der Waals surface area contributed by atoms with Crippen LogP contribution in [0.25, 0.3) is 0 Å². The van der Waals surface area contributed by atoms with E-state index in [4.69, 9.17) is 14.3 Å². The lowest BCUT2D eigenvalue weighted by Gasteiger charge is -2.26. The third kappa shape index (κ3) is 3.03. The van der Waals surface area contributed by atoms with E-state index in [0.29, 0.717) is 6.42 Å². The lowest BCUT2D eigenvalue weighted by Crippen LogP contribution is -2.46. The molecule has 3 unspecified atom stereocenters. The second-order valence-corrected chi connectivity index (χ2v) is 5.87. The first-order valence-electron chi connectivity index (χ1n) is 7.71. The van der Waals surface area contributed by atoms with Crippen molar-refractivity contribution in [2.45, 2.75) is 58.8 Å². The van der Waals surface area contributed by atoms with Crippen LogP contribution in [-0.2, 0) is 23.8 Å². The molecule has 0 spiro atoms. The fourth-order valence-corrected chi connectivity index (χ4v) is 3.02. The molecule has 0 aromatic carbocycles. The minimum atomic E-state index is -1.06. The summed E-state index contributed by atoms with van der Waals surface area (Å²) in [6.07, 6.45) is 0.379. The predicted molar refractivity (Wildman–Crippen MR) is 77.1 cm³/mol. The molecule has 3 atom stereocenters. The molecule has 1 heterocycles. The van der Waals surface area contributed by atoms with Crippen LogP contribution in [0.3, 0.4) is 0 Å². The number of ether oxygens (including phenoxy) is 3. The number of hydrogen-bond acceptors (Lipinski definition) is 7. The Kier molecular flexibility index (Phi) is 4.93. The minimum absolute atomic E-state index is 0.0604. The summed E-state index contributed by atoms with van der Waals surface area (Å²) >= 11 is 0. The SMILES string of the molecule is CCOC(=O)OC(C)OC(=O)C12CCCC1C(C(C)C)=NO2. The highest BCUT2D eigenvalue weighted by Crippen LogP contribution is 2.46. The van der Waals surface area contributed by atoms with Crippen molar-refractivity contribution in [1.82, 2.24) is 0 Å². The van der Waals surface area contributed by atoms with Crippen LogP contribution >= 0.6 is 0 Å². The molecule has 124 valence electrons. The maximum atomic E-state index is 12.5. The molecule has 0 bridgehead atoms. The zero-order valence-electron chi connectivity index (χ0n) is 13.5. The van der Waals surface area contributed by atoms with E-state index in [0.717, 1.165) is 18.6 Å². The van der Waals surface area contributed by atoms with E-state index in [-0.39, 0.29) is 18.4 Å². The number of carbonyl (C=O) groups excluding carboxylic acids is 2. The number of oxime groups is 1. The Morgan fingerprint density at radius 3 is 2.73 bits per heavy atom. The van der Waals surface area contributed by atoms with Crippen molar-refractivity contribution in [3.8, 4) is 0 Å². The summed E-state index contributed by atoms with van der Waals surface area (Å²) in [6.45, 7) is 7.37. The van der Waals surface area contributed by atoms with Gasteiger partial charge < -0.3 is 19.0 Å². The summed E-state index contributed by atoms with van der Waals surface area (Å²) in [7, 11) is 0. The number of rotatable bonds is 5. The van der Waals surface area contributed by atoms with Crippen LogP contribution in [0.15, 0.2) is 5.16 Å². The van der Waals surface area contributed by atoms with Crippen molar-refractivity contribution in [3.63, 3.8) is 0 Å². The van der Waals surface area contributed by atoms with E-state index in [1.165, 1.54) is 6.92 Å². The highest BCUT2D eigenvalue weighted by atomic mass is 16.8. The molecule has 1 aliphatic heterocycles. The van der Waals surface area contributed by atoms with Gasteiger partial charge in [0.25, 0.3) is 0 Å². The monoisotopic (exact) mass is 313 g/mol. The predicted octanol–water partition coefficient (Wildman–Crippen LogP) is 2.63. The molecule has 0 radical (unpaired) electrons. The largest absolute Gasteiger partial charge is 0.511 e. The van der Waals surface area contributed by atoms with Crippen LogP contribution in [0.1, 0.15) is 47.0 Å². The van der Waals surface area contributed by atoms with Crippen LogP contribution in [0, 0.1) is 11.8 Å². The fourth-order valence-electron chi connectivity index (χ4n) is 3.02. The van der Waals surface area contributed by atoms with E-state index in [1.54, 1.807) is 6.92 Å². The number of fused-ring (bicyclic) bond motifs is 1. The lowest BCUT2D eigenvalue weighted by molar-refractivity contribution is -0.194. The molecule has 0 N–H and O–H groups in total. The number of hydrogen-bond donors (Lipinski definition) is 0. The Morgan fingerprint density at radius 1 is 1.36 bits per heavy atom. The van der Waals surface area contributed by atoms with Crippen molar-refractivity contribution in [2.75, 3.05) is 6.61 Å². The number of esters is 1. The van der Waals surface area contributed by atoms with Gasteiger partial charge in [0.2, 0.25) is 11.9 Å². The normalized spacial score (nSPS) is 27.7. The van der Waals surface area contributed by atoms with Crippen LogP contribution in [0.4, 0.5) is 4.79 Å². The highest BCUT2D eigenvalue weighted by molar-refractivity contribution is 5.97. The van der Waals surface area contributed by atoms with Crippen LogP contribution in [0.5, 0.6) is 0 Å². The first-order valence-corrected chi connectivity index (χ1v) is 7.71. The summed E-state index contributed by atoms with van der Waals surface area (Å²) in [5.41, 5.74) is -0.167. The van der Waals surface area contributed by atoms with E-state index in [9.17, 15) is 9.59 Å². The molecule has 7 nitrogen and oxygen atoms in total. The molecule has 0 saturated heterocycles. The standard InChI is InChI=1S/C15H23NO6/c1-5-19-14(18)21-10(4)20-13(17)15-8-6-7-11(15)12(9(2)3)16-22-15/h9-11H,5-8H2,1-4H3. The first-order chi connectivity index (χ1) is 10.4. The van der Waals surface area contributed by atoms with Gasteiger partial charge in [-0.2, -0.15) is 0 Å². The summed E-state index contributed by atoms with van der Waals surface area (Å²) < 4.78 is 14.7. The second kappa shape index (κ2) is 6.54. The topological polar surface area (TPSA) is 83.4 Å². The zero-order chi connectivity index (χ0) is 16.3. The molecule has 1 fully saturated rings. The van der Waals surface area contributed by atoms with Gasteiger partial charge in [0.1, 0.15) is 0 Å². The number of carbonyl (C=O) groups is 2. The van der Waals surface area contributed by atoms with Gasteiger partial charge in [-0.1, -0.05) is 19.0 Å². The summed E-state index contributed by atoms with van der Waals surface area (Å²) in [4.78, 5) is 29.2. The van der Waals surface area contributed by atoms with Gasteiger partial charge >= 0.3 is 12.1 Å². The van der Waals surface area contributed by atoms with Crippen molar-refractivity contribution < 1.29 is 28.6 Å². The maximum absolute atomic E-state index is 12.5. The van der Waals surface area contributed by atoms with Crippen LogP contribution in [-0.4, -0.2) is 36.3 Å².